The molecule has 3 rings (SSSR count). The van der Waals surface area contributed by atoms with Gasteiger partial charge in [-0.05, 0) is 36.4 Å². The van der Waals surface area contributed by atoms with Crippen molar-refractivity contribution in [2.75, 3.05) is 11.4 Å². The quantitative estimate of drug-likeness (QED) is 0.803. The van der Waals surface area contributed by atoms with Crippen molar-refractivity contribution >= 4 is 17.4 Å². The lowest BCUT2D eigenvalue weighted by atomic mass is 10.2. The van der Waals surface area contributed by atoms with Crippen LogP contribution in [0.5, 0.6) is 11.5 Å². The summed E-state index contributed by atoms with van der Waals surface area (Å²) in [5, 5.41) is 0. The summed E-state index contributed by atoms with van der Waals surface area (Å²) in [7, 11) is 0. The molecule has 1 heterocycles. The average molecular weight is 267 g/mol. The summed E-state index contributed by atoms with van der Waals surface area (Å²) in [6.45, 7) is 0.455. The standard InChI is InChI=1S/C16H13NO3/c18-15-10-11-17(16(15)19)12-6-8-14(9-7-12)20-13-4-2-1-3-5-13/h1-9H,10-11H2. The number of hydrogen-bond acceptors (Lipinski definition) is 3. The molecule has 0 aromatic heterocycles. The number of ketones is 1. The first-order chi connectivity index (χ1) is 9.74. The second-order valence-corrected chi connectivity index (χ2v) is 4.54. The van der Waals surface area contributed by atoms with Crippen LogP contribution in [0.1, 0.15) is 6.42 Å². The Labute approximate surface area is 116 Å². The number of rotatable bonds is 3. The van der Waals surface area contributed by atoms with E-state index in [1.165, 1.54) is 4.90 Å². The number of amides is 1. The Balaban J connectivity index is 1.75. The molecular formula is C16H13NO3. The van der Waals surface area contributed by atoms with Crippen LogP contribution in [-0.2, 0) is 9.59 Å². The number of hydrogen-bond donors (Lipinski definition) is 0. The highest BCUT2D eigenvalue weighted by atomic mass is 16.5. The Morgan fingerprint density at radius 3 is 2.10 bits per heavy atom. The van der Waals surface area contributed by atoms with Crippen LogP contribution in [0.15, 0.2) is 54.6 Å². The molecule has 1 aliphatic heterocycles. The van der Waals surface area contributed by atoms with E-state index in [1.54, 1.807) is 24.3 Å². The molecule has 100 valence electrons. The van der Waals surface area contributed by atoms with Gasteiger partial charge in [0.05, 0.1) is 0 Å². The van der Waals surface area contributed by atoms with Crippen LogP contribution >= 0.6 is 0 Å². The fourth-order valence-electron chi connectivity index (χ4n) is 2.14. The van der Waals surface area contributed by atoms with Crippen LogP contribution in [0.25, 0.3) is 0 Å². The maximum absolute atomic E-state index is 11.6. The van der Waals surface area contributed by atoms with Gasteiger partial charge in [-0.3, -0.25) is 9.59 Å². The third kappa shape index (κ3) is 2.40. The van der Waals surface area contributed by atoms with Crippen LogP contribution in [0.4, 0.5) is 5.69 Å². The zero-order valence-corrected chi connectivity index (χ0v) is 10.8. The van der Waals surface area contributed by atoms with E-state index in [9.17, 15) is 9.59 Å². The second-order valence-electron chi connectivity index (χ2n) is 4.54. The van der Waals surface area contributed by atoms with Crippen molar-refractivity contribution in [2.24, 2.45) is 0 Å². The molecule has 0 unspecified atom stereocenters. The van der Waals surface area contributed by atoms with Gasteiger partial charge in [0.15, 0.2) is 0 Å². The number of benzene rings is 2. The molecule has 0 bridgehead atoms. The highest BCUT2D eigenvalue weighted by Crippen LogP contribution is 2.25. The van der Waals surface area contributed by atoms with Crippen molar-refractivity contribution in [1.82, 2.24) is 0 Å². The van der Waals surface area contributed by atoms with E-state index >= 15 is 0 Å². The maximum atomic E-state index is 11.6. The van der Waals surface area contributed by atoms with Gasteiger partial charge in [0.1, 0.15) is 11.5 Å². The van der Waals surface area contributed by atoms with Gasteiger partial charge < -0.3 is 9.64 Å². The van der Waals surface area contributed by atoms with Crippen molar-refractivity contribution in [3.05, 3.63) is 54.6 Å². The number of Topliss-reactive ketones (excluding diaryl/α,β-unsaturated/α-hetero) is 1. The van der Waals surface area contributed by atoms with E-state index in [-0.39, 0.29) is 5.78 Å². The van der Waals surface area contributed by atoms with Gasteiger partial charge in [-0.2, -0.15) is 0 Å². The molecule has 0 N–H and O–H groups in total. The molecule has 4 heteroatoms. The highest BCUT2D eigenvalue weighted by molar-refractivity contribution is 6.43. The number of para-hydroxylation sites is 1. The number of anilines is 1. The number of ether oxygens (including phenoxy) is 1. The Kier molecular flexibility index (Phi) is 3.21. The summed E-state index contributed by atoms with van der Waals surface area (Å²) in [6, 6.07) is 16.6. The average Bonchev–Trinajstić information content (AvgIpc) is 2.81. The van der Waals surface area contributed by atoms with E-state index in [1.807, 2.05) is 30.3 Å². The highest BCUT2D eigenvalue weighted by Gasteiger charge is 2.30. The van der Waals surface area contributed by atoms with Crippen molar-refractivity contribution in [3.63, 3.8) is 0 Å². The summed E-state index contributed by atoms with van der Waals surface area (Å²) < 4.78 is 5.67. The summed E-state index contributed by atoms with van der Waals surface area (Å²) in [5.41, 5.74) is 0.723. The molecule has 1 saturated heterocycles. The van der Waals surface area contributed by atoms with Crippen molar-refractivity contribution in [1.29, 1.82) is 0 Å². The van der Waals surface area contributed by atoms with Crippen molar-refractivity contribution < 1.29 is 14.3 Å². The number of nitrogens with zero attached hydrogens (tertiary/aromatic N) is 1. The monoisotopic (exact) mass is 267 g/mol. The number of carbonyl (C=O) groups excluding carboxylic acids is 2. The number of carbonyl (C=O) groups is 2. The van der Waals surface area contributed by atoms with E-state index in [0.717, 1.165) is 11.4 Å². The largest absolute Gasteiger partial charge is 0.457 e. The van der Waals surface area contributed by atoms with Gasteiger partial charge in [0.25, 0.3) is 5.91 Å². The normalized spacial score (nSPS) is 14.7. The Hall–Kier alpha value is -2.62. The lowest BCUT2D eigenvalue weighted by molar-refractivity contribution is -0.133. The molecule has 0 aliphatic carbocycles. The molecular weight excluding hydrogens is 254 g/mol. The summed E-state index contributed by atoms with van der Waals surface area (Å²) >= 11 is 0. The van der Waals surface area contributed by atoms with Gasteiger partial charge in [-0.25, -0.2) is 0 Å². The smallest absolute Gasteiger partial charge is 0.294 e. The first kappa shape index (κ1) is 12.4. The van der Waals surface area contributed by atoms with Gasteiger partial charge in [0.2, 0.25) is 5.78 Å². The minimum absolute atomic E-state index is 0.293. The first-order valence-electron chi connectivity index (χ1n) is 6.42. The van der Waals surface area contributed by atoms with Crippen LogP contribution in [0.3, 0.4) is 0 Å². The third-order valence-corrected chi connectivity index (χ3v) is 3.17. The van der Waals surface area contributed by atoms with E-state index in [0.29, 0.717) is 18.7 Å². The van der Waals surface area contributed by atoms with Crippen LogP contribution in [0, 0.1) is 0 Å². The first-order valence-corrected chi connectivity index (χ1v) is 6.42. The second kappa shape index (κ2) is 5.17. The molecule has 1 fully saturated rings. The minimum Gasteiger partial charge on any atom is -0.457 e. The lowest BCUT2D eigenvalue weighted by Gasteiger charge is -2.15. The van der Waals surface area contributed by atoms with Crippen molar-refractivity contribution in [2.45, 2.75) is 6.42 Å². The van der Waals surface area contributed by atoms with Crippen LogP contribution in [0.2, 0.25) is 0 Å². The summed E-state index contributed by atoms with van der Waals surface area (Å²) in [4.78, 5) is 24.4. The molecule has 2 aromatic rings. The van der Waals surface area contributed by atoms with Crippen LogP contribution in [-0.4, -0.2) is 18.2 Å². The molecule has 0 atom stereocenters. The van der Waals surface area contributed by atoms with Gasteiger partial charge >= 0.3 is 0 Å². The van der Waals surface area contributed by atoms with Crippen molar-refractivity contribution in [3.8, 4) is 11.5 Å². The maximum Gasteiger partial charge on any atom is 0.294 e. The van der Waals surface area contributed by atoms with E-state index in [2.05, 4.69) is 0 Å². The topological polar surface area (TPSA) is 46.6 Å². The van der Waals surface area contributed by atoms with Crippen LogP contribution < -0.4 is 9.64 Å². The molecule has 1 amide bonds. The zero-order valence-electron chi connectivity index (χ0n) is 10.8. The molecule has 0 spiro atoms. The Morgan fingerprint density at radius 2 is 1.50 bits per heavy atom. The van der Waals surface area contributed by atoms with Gasteiger partial charge in [-0.1, -0.05) is 18.2 Å². The molecule has 0 radical (unpaired) electrons. The Morgan fingerprint density at radius 1 is 0.850 bits per heavy atom. The molecule has 0 saturated carbocycles. The lowest BCUT2D eigenvalue weighted by Crippen LogP contribution is -2.26. The molecule has 20 heavy (non-hydrogen) atoms. The molecule has 4 nitrogen and oxygen atoms in total. The Bertz CT molecular complexity index is 635. The third-order valence-electron chi connectivity index (χ3n) is 3.17. The molecule has 2 aromatic carbocycles. The fraction of sp³-hybridized carbons (Fsp3) is 0.125. The van der Waals surface area contributed by atoms with E-state index < -0.39 is 5.91 Å². The predicted octanol–water partition coefficient (Wildman–Crippen LogP) is 2.78. The molecule has 1 aliphatic rings. The summed E-state index contributed by atoms with van der Waals surface area (Å²) in [6.07, 6.45) is 0.293. The fourth-order valence-corrected chi connectivity index (χ4v) is 2.14. The zero-order chi connectivity index (χ0) is 13.9. The minimum atomic E-state index is -0.429. The summed E-state index contributed by atoms with van der Waals surface area (Å²) in [5.74, 6) is 0.696. The SMILES string of the molecule is O=C1CCN(c2ccc(Oc3ccccc3)cc2)C1=O. The van der Waals surface area contributed by atoms with E-state index in [4.69, 9.17) is 4.74 Å². The predicted molar refractivity (Wildman–Crippen MR) is 74.9 cm³/mol. The van der Waals surface area contributed by atoms with Gasteiger partial charge in [-0.15, -0.1) is 0 Å². The van der Waals surface area contributed by atoms with Gasteiger partial charge in [0, 0.05) is 18.7 Å².